The minimum absolute atomic E-state index is 0.403. The fourth-order valence-corrected chi connectivity index (χ4v) is 3.14. The van der Waals surface area contributed by atoms with Gasteiger partial charge in [-0.05, 0) is 48.6 Å². The molecule has 0 saturated heterocycles. The molecule has 0 fully saturated rings. The first-order valence-electron chi connectivity index (χ1n) is 6.20. The third kappa shape index (κ3) is 2.03. The Bertz CT molecular complexity index is 580. The van der Waals surface area contributed by atoms with E-state index in [1.807, 2.05) is 18.5 Å². The van der Waals surface area contributed by atoms with Crippen LogP contribution < -0.4 is 5.32 Å². The number of hydrogen-bond donors (Lipinski definition) is 1. The van der Waals surface area contributed by atoms with Gasteiger partial charge in [-0.15, -0.1) is 0 Å². The molecule has 92 valence electrons. The molecule has 0 bridgehead atoms. The van der Waals surface area contributed by atoms with Crippen LogP contribution in [0, 0.1) is 6.92 Å². The van der Waals surface area contributed by atoms with Gasteiger partial charge in [0.05, 0.1) is 17.9 Å². The second-order valence-corrected chi connectivity index (χ2v) is 5.59. The van der Waals surface area contributed by atoms with Crippen molar-refractivity contribution in [3.05, 3.63) is 57.8 Å². The van der Waals surface area contributed by atoms with Gasteiger partial charge in [-0.2, -0.15) is 0 Å². The Hall–Kier alpha value is -1.35. The van der Waals surface area contributed by atoms with Crippen LogP contribution in [0.25, 0.3) is 0 Å². The van der Waals surface area contributed by atoms with E-state index in [1.54, 1.807) is 0 Å². The molecule has 1 atom stereocenters. The molecule has 0 saturated carbocycles. The van der Waals surface area contributed by atoms with Gasteiger partial charge in [0.25, 0.3) is 0 Å². The summed E-state index contributed by atoms with van der Waals surface area (Å²) < 4.78 is 1.23. The average Bonchev–Trinajstić information content (AvgIpc) is 2.77. The molecule has 2 nitrogen and oxygen atoms in total. The van der Waals surface area contributed by atoms with E-state index in [0.717, 1.165) is 18.5 Å². The van der Waals surface area contributed by atoms with Gasteiger partial charge in [-0.1, -0.05) is 28.1 Å². The zero-order valence-electron chi connectivity index (χ0n) is 10.3. The van der Waals surface area contributed by atoms with Gasteiger partial charge in [0, 0.05) is 10.7 Å². The van der Waals surface area contributed by atoms with Gasteiger partial charge in [-0.3, -0.25) is 4.98 Å². The standard InChI is InChI=1S/C15H15BrN2/c1-10-7-8-17-9-15(10)18-14-6-5-11-12(14)3-2-4-13(11)16/h2-4,7-9,14,18H,5-6H2,1H3. The van der Waals surface area contributed by atoms with E-state index in [9.17, 15) is 0 Å². The van der Waals surface area contributed by atoms with Crippen molar-refractivity contribution in [1.29, 1.82) is 0 Å². The molecule has 1 aliphatic carbocycles. The molecule has 0 amide bonds. The molecule has 0 spiro atoms. The Labute approximate surface area is 116 Å². The van der Waals surface area contributed by atoms with Gasteiger partial charge < -0.3 is 5.32 Å². The molecule has 0 aliphatic heterocycles. The summed E-state index contributed by atoms with van der Waals surface area (Å²) in [4.78, 5) is 4.19. The largest absolute Gasteiger partial charge is 0.377 e. The highest BCUT2D eigenvalue weighted by Gasteiger charge is 2.24. The monoisotopic (exact) mass is 302 g/mol. The topological polar surface area (TPSA) is 24.9 Å². The van der Waals surface area contributed by atoms with Crippen LogP contribution in [-0.2, 0) is 6.42 Å². The van der Waals surface area contributed by atoms with Crippen molar-refractivity contribution >= 4 is 21.6 Å². The van der Waals surface area contributed by atoms with Crippen LogP contribution in [0.5, 0.6) is 0 Å². The number of nitrogens with one attached hydrogen (secondary N) is 1. The van der Waals surface area contributed by atoms with Crippen LogP contribution in [0.15, 0.2) is 41.1 Å². The minimum Gasteiger partial charge on any atom is -0.377 e. The van der Waals surface area contributed by atoms with Crippen LogP contribution in [0.3, 0.4) is 0 Å². The fraction of sp³-hybridized carbons (Fsp3) is 0.267. The first-order chi connectivity index (χ1) is 8.75. The van der Waals surface area contributed by atoms with Crippen molar-refractivity contribution in [2.75, 3.05) is 5.32 Å². The minimum atomic E-state index is 0.403. The Kier molecular flexibility index (Phi) is 3.08. The first kappa shape index (κ1) is 11.7. The quantitative estimate of drug-likeness (QED) is 0.897. The van der Waals surface area contributed by atoms with Crippen LogP contribution in [0.4, 0.5) is 5.69 Å². The van der Waals surface area contributed by atoms with E-state index in [4.69, 9.17) is 0 Å². The molecular weight excluding hydrogens is 288 g/mol. The second-order valence-electron chi connectivity index (χ2n) is 4.73. The Morgan fingerprint density at radius 3 is 3.06 bits per heavy atom. The van der Waals surface area contributed by atoms with E-state index in [0.29, 0.717) is 6.04 Å². The van der Waals surface area contributed by atoms with E-state index in [2.05, 4.69) is 51.4 Å². The van der Waals surface area contributed by atoms with E-state index in [1.165, 1.54) is 21.2 Å². The van der Waals surface area contributed by atoms with Gasteiger partial charge in [0.15, 0.2) is 0 Å². The second kappa shape index (κ2) is 4.73. The van der Waals surface area contributed by atoms with Crippen molar-refractivity contribution in [2.24, 2.45) is 0 Å². The molecule has 1 aromatic carbocycles. The molecule has 1 aliphatic rings. The third-order valence-electron chi connectivity index (χ3n) is 3.58. The molecular formula is C15H15BrN2. The Balaban J connectivity index is 1.90. The van der Waals surface area contributed by atoms with Gasteiger partial charge in [-0.25, -0.2) is 0 Å². The van der Waals surface area contributed by atoms with Gasteiger partial charge in [0.2, 0.25) is 0 Å². The predicted octanol–water partition coefficient (Wildman–Crippen LogP) is 4.25. The smallest absolute Gasteiger partial charge is 0.0561 e. The highest BCUT2D eigenvalue weighted by molar-refractivity contribution is 9.10. The summed E-state index contributed by atoms with van der Waals surface area (Å²) in [7, 11) is 0. The van der Waals surface area contributed by atoms with Crippen LogP contribution in [0.2, 0.25) is 0 Å². The number of fused-ring (bicyclic) bond motifs is 1. The van der Waals surface area contributed by atoms with Crippen molar-refractivity contribution in [3.8, 4) is 0 Å². The summed E-state index contributed by atoms with van der Waals surface area (Å²) in [5.41, 5.74) is 5.23. The van der Waals surface area contributed by atoms with Crippen molar-refractivity contribution < 1.29 is 0 Å². The maximum Gasteiger partial charge on any atom is 0.0561 e. The summed E-state index contributed by atoms with van der Waals surface area (Å²) in [6.07, 6.45) is 6.02. The highest BCUT2D eigenvalue weighted by Crippen LogP contribution is 2.37. The number of benzene rings is 1. The maximum absolute atomic E-state index is 4.19. The Morgan fingerprint density at radius 1 is 1.33 bits per heavy atom. The lowest BCUT2D eigenvalue weighted by Crippen LogP contribution is -2.08. The molecule has 1 N–H and O–H groups in total. The molecule has 3 rings (SSSR count). The summed E-state index contributed by atoms with van der Waals surface area (Å²) in [6, 6.07) is 8.89. The summed E-state index contributed by atoms with van der Waals surface area (Å²) >= 11 is 3.63. The lowest BCUT2D eigenvalue weighted by Gasteiger charge is -2.17. The number of pyridine rings is 1. The van der Waals surface area contributed by atoms with Crippen LogP contribution in [0.1, 0.15) is 29.2 Å². The normalized spacial score (nSPS) is 17.6. The zero-order valence-corrected chi connectivity index (χ0v) is 11.9. The summed E-state index contributed by atoms with van der Waals surface area (Å²) in [5.74, 6) is 0. The van der Waals surface area contributed by atoms with Crippen molar-refractivity contribution in [2.45, 2.75) is 25.8 Å². The number of hydrogen-bond acceptors (Lipinski definition) is 2. The third-order valence-corrected chi connectivity index (χ3v) is 4.33. The van der Waals surface area contributed by atoms with Crippen LogP contribution in [-0.4, -0.2) is 4.98 Å². The highest BCUT2D eigenvalue weighted by atomic mass is 79.9. The maximum atomic E-state index is 4.19. The predicted molar refractivity (Wildman–Crippen MR) is 77.8 cm³/mol. The van der Waals surface area contributed by atoms with E-state index >= 15 is 0 Å². The number of rotatable bonds is 2. The average molecular weight is 303 g/mol. The lowest BCUT2D eigenvalue weighted by atomic mass is 10.1. The molecule has 1 aromatic heterocycles. The molecule has 2 aromatic rings. The van der Waals surface area contributed by atoms with Crippen molar-refractivity contribution in [3.63, 3.8) is 0 Å². The summed E-state index contributed by atoms with van der Waals surface area (Å²) in [5, 5.41) is 3.61. The number of halogens is 1. The van der Waals surface area contributed by atoms with E-state index in [-0.39, 0.29) is 0 Å². The summed E-state index contributed by atoms with van der Waals surface area (Å²) in [6.45, 7) is 2.11. The lowest BCUT2D eigenvalue weighted by molar-refractivity contribution is 0.760. The number of nitrogens with zero attached hydrogens (tertiary/aromatic N) is 1. The first-order valence-corrected chi connectivity index (χ1v) is 6.99. The molecule has 1 heterocycles. The van der Waals surface area contributed by atoms with E-state index < -0.39 is 0 Å². The number of aromatic nitrogens is 1. The SMILES string of the molecule is Cc1ccncc1NC1CCc2c(Br)cccc21. The fourth-order valence-electron chi connectivity index (χ4n) is 2.56. The molecule has 3 heteroatoms. The van der Waals surface area contributed by atoms with Gasteiger partial charge in [0.1, 0.15) is 0 Å². The van der Waals surface area contributed by atoms with Crippen LogP contribution >= 0.6 is 15.9 Å². The molecule has 1 unspecified atom stereocenters. The Morgan fingerprint density at radius 2 is 2.22 bits per heavy atom. The zero-order chi connectivity index (χ0) is 12.5. The molecule has 18 heavy (non-hydrogen) atoms. The van der Waals surface area contributed by atoms with Gasteiger partial charge >= 0.3 is 0 Å². The number of aryl methyl sites for hydroxylation is 1. The van der Waals surface area contributed by atoms with Crippen molar-refractivity contribution in [1.82, 2.24) is 4.98 Å². The number of anilines is 1. The molecule has 0 radical (unpaired) electrons.